The number of nitrogens with zero attached hydrogens (tertiary/aromatic N) is 1. The summed E-state index contributed by atoms with van der Waals surface area (Å²) in [5, 5.41) is 12.2. The highest BCUT2D eigenvalue weighted by Gasteiger charge is 2.45. The maximum Gasteiger partial charge on any atom is 0.317 e. The van der Waals surface area contributed by atoms with Crippen molar-refractivity contribution in [3.63, 3.8) is 0 Å². The topological polar surface area (TPSA) is 78.9 Å². The summed E-state index contributed by atoms with van der Waals surface area (Å²) in [4.78, 5) is 25.1. The Hall–Kier alpha value is -1.30. The third-order valence-corrected chi connectivity index (χ3v) is 3.80. The minimum atomic E-state index is -0.792. The summed E-state index contributed by atoms with van der Waals surface area (Å²) in [5.41, 5.74) is -0.764. The first-order chi connectivity index (χ1) is 9.91. The van der Waals surface area contributed by atoms with Crippen LogP contribution in [0.2, 0.25) is 0 Å². The molecule has 1 rings (SSSR count). The van der Waals surface area contributed by atoms with Crippen LogP contribution in [0.3, 0.4) is 0 Å². The minimum Gasteiger partial charge on any atom is -0.481 e. The van der Waals surface area contributed by atoms with Crippen molar-refractivity contribution in [3.05, 3.63) is 0 Å². The number of hydrogen-bond donors (Lipinski definition) is 2. The number of likely N-dealkylation sites (tertiary alicyclic amines) is 1. The number of carboxylic acid groups (broad SMARTS) is 1. The Bertz CT molecular complexity index is 360. The Morgan fingerprint density at radius 1 is 1.43 bits per heavy atom. The first-order valence-electron chi connectivity index (χ1n) is 7.75. The van der Waals surface area contributed by atoms with Crippen LogP contribution in [0.1, 0.15) is 40.0 Å². The molecule has 1 saturated heterocycles. The molecule has 6 heteroatoms. The molecule has 0 bridgehead atoms. The van der Waals surface area contributed by atoms with Crippen molar-refractivity contribution in [2.45, 2.75) is 40.0 Å². The number of rotatable bonds is 8. The Balaban J connectivity index is 2.34. The molecule has 0 saturated carbocycles. The third-order valence-electron chi connectivity index (χ3n) is 3.80. The predicted octanol–water partition coefficient (Wildman–Crippen LogP) is 1.95. The van der Waals surface area contributed by atoms with E-state index in [4.69, 9.17) is 4.74 Å². The normalized spacial score (nSPS) is 21.8. The standard InChI is InChI=1S/C15H28N2O4/c1-4-5-15(13(18)19)6-8-17(11-15)14(20)16-7-9-21-10-12(2)3/h12H,4-11H2,1-3H3,(H,16,20)(H,18,19). The fourth-order valence-corrected chi connectivity index (χ4v) is 2.67. The van der Waals surface area contributed by atoms with E-state index in [1.165, 1.54) is 0 Å². The Morgan fingerprint density at radius 3 is 2.71 bits per heavy atom. The Morgan fingerprint density at radius 2 is 2.14 bits per heavy atom. The van der Waals surface area contributed by atoms with E-state index < -0.39 is 11.4 Å². The quantitative estimate of drug-likeness (QED) is 0.672. The number of urea groups is 1. The number of hydrogen-bond acceptors (Lipinski definition) is 3. The average Bonchev–Trinajstić information content (AvgIpc) is 2.84. The van der Waals surface area contributed by atoms with Gasteiger partial charge in [-0.25, -0.2) is 4.79 Å². The highest BCUT2D eigenvalue weighted by Crippen LogP contribution is 2.35. The van der Waals surface area contributed by atoms with Gasteiger partial charge < -0.3 is 20.1 Å². The first-order valence-corrected chi connectivity index (χ1v) is 7.75. The van der Waals surface area contributed by atoms with Crippen LogP contribution in [0.4, 0.5) is 4.79 Å². The summed E-state index contributed by atoms with van der Waals surface area (Å²) in [6.45, 7) is 8.54. The van der Waals surface area contributed by atoms with Gasteiger partial charge in [0.25, 0.3) is 0 Å². The lowest BCUT2D eigenvalue weighted by Crippen LogP contribution is -2.42. The SMILES string of the molecule is CCCC1(C(=O)O)CCN(C(=O)NCCOCC(C)C)C1. The molecule has 1 fully saturated rings. The molecule has 1 unspecified atom stereocenters. The fraction of sp³-hybridized carbons (Fsp3) is 0.867. The molecule has 0 aliphatic carbocycles. The summed E-state index contributed by atoms with van der Waals surface area (Å²) in [6.07, 6.45) is 1.96. The zero-order valence-corrected chi connectivity index (χ0v) is 13.4. The lowest BCUT2D eigenvalue weighted by Gasteiger charge is -2.24. The van der Waals surface area contributed by atoms with Crippen molar-refractivity contribution in [2.75, 3.05) is 32.8 Å². The Labute approximate surface area is 126 Å². The third kappa shape index (κ3) is 5.19. The molecule has 1 atom stereocenters. The number of aliphatic carboxylic acids is 1. The van der Waals surface area contributed by atoms with Crippen LogP contribution >= 0.6 is 0 Å². The molecule has 2 amide bonds. The molecule has 0 radical (unpaired) electrons. The van der Waals surface area contributed by atoms with E-state index in [1.807, 2.05) is 6.92 Å². The van der Waals surface area contributed by atoms with E-state index in [1.54, 1.807) is 4.90 Å². The van der Waals surface area contributed by atoms with Gasteiger partial charge in [0.2, 0.25) is 0 Å². The molecular weight excluding hydrogens is 272 g/mol. The van der Waals surface area contributed by atoms with E-state index in [-0.39, 0.29) is 6.03 Å². The van der Waals surface area contributed by atoms with Gasteiger partial charge in [-0.2, -0.15) is 0 Å². The summed E-state index contributed by atoms with van der Waals surface area (Å²) in [6, 6.07) is -0.192. The van der Waals surface area contributed by atoms with E-state index in [2.05, 4.69) is 19.2 Å². The van der Waals surface area contributed by atoms with Gasteiger partial charge in [-0.1, -0.05) is 27.2 Å². The summed E-state index contributed by atoms with van der Waals surface area (Å²) < 4.78 is 5.40. The second-order valence-electron chi connectivity index (χ2n) is 6.21. The van der Waals surface area contributed by atoms with Gasteiger partial charge in [-0.3, -0.25) is 4.79 Å². The van der Waals surface area contributed by atoms with Gasteiger partial charge in [0.05, 0.1) is 12.0 Å². The van der Waals surface area contributed by atoms with Crippen molar-refractivity contribution in [1.29, 1.82) is 0 Å². The molecular formula is C15H28N2O4. The number of amides is 2. The van der Waals surface area contributed by atoms with Crippen molar-refractivity contribution in [2.24, 2.45) is 11.3 Å². The molecule has 1 aliphatic rings. The van der Waals surface area contributed by atoms with Crippen molar-refractivity contribution >= 4 is 12.0 Å². The van der Waals surface area contributed by atoms with Gasteiger partial charge in [-0.05, 0) is 18.8 Å². The number of ether oxygens (including phenoxy) is 1. The molecule has 2 N–H and O–H groups in total. The smallest absolute Gasteiger partial charge is 0.317 e. The monoisotopic (exact) mass is 300 g/mol. The lowest BCUT2D eigenvalue weighted by molar-refractivity contribution is -0.148. The molecule has 1 heterocycles. The Kier molecular flexibility index (Phi) is 6.95. The summed E-state index contributed by atoms with van der Waals surface area (Å²) in [7, 11) is 0. The van der Waals surface area contributed by atoms with Gasteiger partial charge in [-0.15, -0.1) is 0 Å². The number of carboxylic acids is 1. The van der Waals surface area contributed by atoms with E-state index in [0.717, 1.165) is 6.42 Å². The van der Waals surface area contributed by atoms with Crippen LogP contribution < -0.4 is 5.32 Å². The highest BCUT2D eigenvalue weighted by molar-refractivity contribution is 5.79. The summed E-state index contributed by atoms with van der Waals surface area (Å²) in [5.74, 6) is -0.315. The number of carbonyl (C=O) groups is 2. The highest BCUT2D eigenvalue weighted by atomic mass is 16.5. The zero-order chi connectivity index (χ0) is 15.9. The van der Waals surface area contributed by atoms with Crippen molar-refractivity contribution in [1.82, 2.24) is 10.2 Å². The second-order valence-corrected chi connectivity index (χ2v) is 6.21. The minimum absolute atomic E-state index is 0.192. The average molecular weight is 300 g/mol. The maximum absolute atomic E-state index is 12.0. The largest absolute Gasteiger partial charge is 0.481 e. The van der Waals surface area contributed by atoms with Crippen LogP contribution in [0.25, 0.3) is 0 Å². The van der Waals surface area contributed by atoms with Gasteiger partial charge >= 0.3 is 12.0 Å². The number of nitrogens with one attached hydrogen (secondary N) is 1. The molecule has 0 aromatic rings. The van der Waals surface area contributed by atoms with Crippen LogP contribution in [0.5, 0.6) is 0 Å². The predicted molar refractivity (Wildman–Crippen MR) is 80.2 cm³/mol. The van der Waals surface area contributed by atoms with Gasteiger partial charge in [0, 0.05) is 26.2 Å². The second kappa shape index (κ2) is 8.22. The van der Waals surface area contributed by atoms with Crippen LogP contribution in [0, 0.1) is 11.3 Å². The lowest BCUT2D eigenvalue weighted by atomic mass is 9.83. The van der Waals surface area contributed by atoms with Crippen LogP contribution in [-0.4, -0.2) is 54.9 Å². The molecule has 122 valence electrons. The van der Waals surface area contributed by atoms with E-state index in [0.29, 0.717) is 51.6 Å². The molecule has 0 aromatic carbocycles. The zero-order valence-electron chi connectivity index (χ0n) is 13.4. The molecule has 0 aromatic heterocycles. The number of carbonyl (C=O) groups excluding carboxylic acids is 1. The van der Waals surface area contributed by atoms with Crippen molar-refractivity contribution in [3.8, 4) is 0 Å². The fourth-order valence-electron chi connectivity index (χ4n) is 2.67. The molecule has 0 spiro atoms. The van der Waals surface area contributed by atoms with Gasteiger partial charge in [0.15, 0.2) is 0 Å². The van der Waals surface area contributed by atoms with Gasteiger partial charge in [0.1, 0.15) is 0 Å². The van der Waals surface area contributed by atoms with Crippen LogP contribution in [-0.2, 0) is 9.53 Å². The molecule has 6 nitrogen and oxygen atoms in total. The first kappa shape index (κ1) is 17.8. The molecule has 1 aliphatic heterocycles. The summed E-state index contributed by atoms with van der Waals surface area (Å²) >= 11 is 0. The molecule has 21 heavy (non-hydrogen) atoms. The van der Waals surface area contributed by atoms with Crippen LogP contribution in [0.15, 0.2) is 0 Å². The maximum atomic E-state index is 12.0. The van der Waals surface area contributed by atoms with E-state index >= 15 is 0 Å². The van der Waals surface area contributed by atoms with E-state index in [9.17, 15) is 14.7 Å². The van der Waals surface area contributed by atoms with Crippen molar-refractivity contribution < 1.29 is 19.4 Å².